The Balaban J connectivity index is 2.22. The molecule has 0 atom stereocenters. The van der Waals surface area contributed by atoms with Gasteiger partial charge in [0.25, 0.3) is 5.69 Å². The number of nitrogens with one attached hydrogen (secondary N) is 1. The van der Waals surface area contributed by atoms with Gasteiger partial charge in [0.05, 0.1) is 17.2 Å². The zero-order chi connectivity index (χ0) is 13.8. The summed E-state index contributed by atoms with van der Waals surface area (Å²) in [6, 6.07) is 8.63. The van der Waals surface area contributed by atoms with Crippen LogP contribution in [-0.2, 0) is 6.54 Å². The largest absolute Gasteiger partial charge is 0.374 e. The van der Waals surface area contributed by atoms with Crippen molar-refractivity contribution < 1.29 is 4.92 Å². The molecule has 0 saturated carbocycles. The number of rotatable bonds is 4. The van der Waals surface area contributed by atoms with Gasteiger partial charge in [0.2, 0.25) is 0 Å². The number of pyridine rings is 1. The molecule has 0 spiro atoms. The van der Waals surface area contributed by atoms with Crippen LogP contribution in [0.3, 0.4) is 0 Å². The number of aromatic nitrogens is 1. The van der Waals surface area contributed by atoms with Crippen LogP contribution < -0.4 is 5.32 Å². The summed E-state index contributed by atoms with van der Waals surface area (Å²) >= 11 is 3.31. The molecule has 0 fully saturated rings. The third-order valence-electron chi connectivity index (χ3n) is 2.72. The lowest BCUT2D eigenvalue weighted by Gasteiger charge is -2.08. The molecule has 1 aromatic heterocycles. The summed E-state index contributed by atoms with van der Waals surface area (Å²) in [5.74, 6) is 0. The molecular formula is C13H12BrN3O2. The van der Waals surface area contributed by atoms with Crippen LogP contribution in [0.4, 0.5) is 11.4 Å². The molecule has 0 aliphatic rings. The number of halogens is 1. The van der Waals surface area contributed by atoms with Crippen molar-refractivity contribution in [3.63, 3.8) is 0 Å². The Hall–Kier alpha value is -1.95. The summed E-state index contributed by atoms with van der Waals surface area (Å²) in [5, 5.41) is 14.0. The van der Waals surface area contributed by atoms with E-state index in [1.54, 1.807) is 18.3 Å². The van der Waals surface area contributed by atoms with E-state index in [-0.39, 0.29) is 5.69 Å². The third-order valence-corrected chi connectivity index (χ3v) is 3.21. The average Bonchev–Trinajstić information content (AvgIpc) is 2.37. The van der Waals surface area contributed by atoms with Crippen LogP contribution in [0.2, 0.25) is 0 Å². The van der Waals surface area contributed by atoms with Gasteiger partial charge in [-0.25, -0.2) is 0 Å². The smallest absolute Gasteiger partial charge is 0.292 e. The van der Waals surface area contributed by atoms with Crippen LogP contribution in [0.1, 0.15) is 11.3 Å². The van der Waals surface area contributed by atoms with Gasteiger partial charge in [0, 0.05) is 16.7 Å². The Morgan fingerprint density at radius 2 is 2.21 bits per heavy atom. The number of hydrogen-bond acceptors (Lipinski definition) is 4. The normalized spacial score (nSPS) is 10.2. The van der Waals surface area contributed by atoms with Gasteiger partial charge in [-0.1, -0.05) is 22.0 Å². The summed E-state index contributed by atoms with van der Waals surface area (Å²) < 4.78 is 0.790. The molecule has 1 N–H and O–H groups in total. The van der Waals surface area contributed by atoms with Gasteiger partial charge in [-0.05, 0) is 30.7 Å². The van der Waals surface area contributed by atoms with Gasteiger partial charge in [-0.15, -0.1) is 0 Å². The van der Waals surface area contributed by atoms with Gasteiger partial charge in [-0.3, -0.25) is 15.1 Å². The number of benzene rings is 1. The van der Waals surface area contributed by atoms with E-state index in [9.17, 15) is 10.1 Å². The van der Waals surface area contributed by atoms with E-state index < -0.39 is 4.92 Å². The maximum Gasteiger partial charge on any atom is 0.292 e. The van der Waals surface area contributed by atoms with Gasteiger partial charge < -0.3 is 5.32 Å². The second-order valence-electron chi connectivity index (χ2n) is 4.04. The van der Waals surface area contributed by atoms with Crippen molar-refractivity contribution in [2.24, 2.45) is 0 Å². The topological polar surface area (TPSA) is 68.1 Å². The van der Waals surface area contributed by atoms with Gasteiger partial charge >= 0.3 is 0 Å². The van der Waals surface area contributed by atoms with Crippen LogP contribution in [0.5, 0.6) is 0 Å². The van der Waals surface area contributed by atoms with Crippen molar-refractivity contribution in [1.82, 2.24) is 4.98 Å². The molecule has 0 bridgehead atoms. The van der Waals surface area contributed by atoms with Crippen molar-refractivity contribution in [1.29, 1.82) is 0 Å². The van der Waals surface area contributed by atoms with Crippen molar-refractivity contribution in [3.8, 4) is 0 Å². The molecule has 5 nitrogen and oxygen atoms in total. The standard InChI is InChI=1S/C13H12BrN3O2/c1-9-3-2-6-15-12(9)8-16-11-7-10(14)4-5-13(11)17(18)19/h2-7,16H,8H2,1H3. The molecule has 98 valence electrons. The first-order valence-electron chi connectivity index (χ1n) is 5.66. The van der Waals surface area contributed by atoms with E-state index in [1.165, 1.54) is 6.07 Å². The Kier molecular flexibility index (Phi) is 4.11. The molecule has 19 heavy (non-hydrogen) atoms. The number of hydrogen-bond donors (Lipinski definition) is 1. The van der Waals surface area contributed by atoms with Crippen molar-refractivity contribution in [2.45, 2.75) is 13.5 Å². The Bertz CT molecular complexity index is 617. The minimum absolute atomic E-state index is 0.0526. The first-order valence-corrected chi connectivity index (χ1v) is 6.45. The van der Waals surface area contributed by atoms with Gasteiger partial charge in [-0.2, -0.15) is 0 Å². The van der Waals surface area contributed by atoms with Crippen molar-refractivity contribution >= 4 is 27.3 Å². The third kappa shape index (κ3) is 3.29. The zero-order valence-corrected chi connectivity index (χ0v) is 11.8. The predicted octanol–water partition coefficient (Wildman–Crippen LogP) is 3.67. The molecule has 1 heterocycles. The highest BCUT2D eigenvalue weighted by molar-refractivity contribution is 9.10. The maximum atomic E-state index is 10.9. The van der Waals surface area contributed by atoms with E-state index in [0.29, 0.717) is 12.2 Å². The molecule has 0 aliphatic heterocycles. The van der Waals surface area contributed by atoms with E-state index in [1.807, 2.05) is 19.1 Å². The fraction of sp³-hybridized carbons (Fsp3) is 0.154. The zero-order valence-electron chi connectivity index (χ0n) is 10.3. The Morgan fingerprint density at radius 1 is 1.42 bits per heavy atom. The first kappa shape index (κ1) is 13.5. The van der Waals surface area contributed by atoms with Crippen LogP contribution >= 0.6 is 15.9 Å². The Labute approximate surface area is 119 Å². The van der Waals surface area contributed by atoms with Crippen LogP contribution in [-0.4, -0.2) is 9.91 Å². The molecule has 0 unspecified atom stereocenters. The van der Waals surface area contributed by atoms with Crippen LogP contribution in [0, 0.1) is 17.0 Å². The first-order chi connectivity index (χ1) is 9.08. The lowest BCUT2D eigenvalue weighted by Crippen LogP contribution is -2.05. The highest BCUT2D eigenvalue weighted by Gasteiger charge is 2.13. The lowest BCUT2D eigenvalue weighted by atomic mass is 10.2. The van der Waals surface area contributed by atoms with Crippen molar-refractivity contribution in [2.75, 3.05) is 5.32 Å². The molecule has 1 aromatic carbocycles. The summed E-state index contributed by atoms with van der Waals surface area (Å²) in [7, 11) is 0. The second-order valence-corrected chi connectivity index (χ2v) is 4.95. The highest BCUT2D eigenvalue weighted by Crippen LogP contribution is 2.28. The van der Waals surface area contributed by atoms with Gasteiger partial charge in [0.1, 0.15) is 5.69 Å². The average molecular weight is 322 g/mol. The van der Waals surface area contributed by atoms with E-state index in [4.69, 9.17) is 0 Å². The number of aryl methyl sites for hydroxylation is 1. The summed E-state index contributed by atoms with van der Waals surface area (Å²) in [5.41, 5.74) is 2.45. The fourth-order valence-corrected chi connectivity index (χ4v) is 2.05. The van der Waals surface area contributed by atoms with Crippen LogP contribution in [0.25, 0.3) is 0 Å². The molecule has 6 heteroatoms. The molecule has 0 amide bonds. The summed E-state index contributed by atoms with van der Waals surface area (Å²) in [4.78, 5) is 14.8. The van der Waals surface area contributed by atoms with E-state index in [0.717, 1.165) is 15.7 Å². The molecular weight excluding hydrogens is 310 g/mol. The molecule has 0 aliphatic carbocycles. The molecule has 2 aromatic rings. The summed E-state index contributed by atoms with van der Waals surface area (Å²) in [6.45, 7) is 2.41. The van der Waals surface area contributed by atoms with Crippen molar-refractivity contribution in [3.05, 3.63) is 62.4 Å². The Morgan fingerprint density at radius 3 is 2.89 bits per heavy atom. The fourth-order valence-electron chi connectivity index (χ4n) is 1.69. The minimum atomic E-state index is -0.403. The molecule has 0 radical (unpaired) electrons. The highest BCUT2D eigenvalue weighted by atomic mass is 79.9. The number of nitro groups is 1. The predicted molar refractivity (Wildman–Crippen MR) is 77.1 cm³/mol. The lowest BCUT2D eigenvalue weighted by molar-refractivity contribution is -0.384. The molecule has 0 saturated heterocycles. The molecule has 2 rings (SSSR count). The van der Waals surface area contributed by atoms with Crippen LogP contribution in [0.15, 0.2) is 41.0 Å². The quantitative estimate of drug-likeness (QED) is 0.689. The second kappa shape index (κ2) is 5.79. The number of nitro benzene ring substituents is 1. The minimum Gasteiger partial charge on any atom is -0.374 e. The van der Waals surface area contributed by atoms with Gasteiger partial charge in [0.15, 0.2) is 0 Å². The summed E-state index contributed by atoms with van der Waals surface area (Å²) in [6.07, 6.45) is 1.71. The number of nitrogens with zero attached hydrogens (tertiary/aromatic N) is 2. The monoisotopic (exact) mass is 321 g/mol. The maximum absolute atomic E-state index is 10.9. The van der Waals surface area contributed by atoms with E-state index in [2.05, 4.69) is 26.2 Å². The van der Waals surface area contributed by atoms with E-state index >= 15 is 0 Å². The SMILES string of the molecule is Cc1cccnc1CNc1cc(Br)ccc1[N+](=O)[O-]. The number of anilines is 1.